The summed E-state index contributed by atoms with van der Waals surface area (Å²) >= 11 is 18.5. The number of carbonyl (C=O) groups excluding carboxylic acids is 1. The first-order valence-corrected chi connectivity index (χ1v) is 11.2. The second-order valence-corrected chi connectivity index (χ2v) is 8.58. The van der Waals surface area contributed by atoms with Gasteiger partial charge >= 0.3 is 5.97 Å². The fourth-order valence-electron chi connectivity index (χ4n) is 3.09. The average molecular weight is 498 g/mol. The summed E-state index contributed by atoms with van der Waals surface area (Å²) in [6.45, 7) is 6.47. The zero-order valence-corrected chi connectivity index (χ0v) is 20.1. The van der Waals surface area contributed by atoms with Gasteiger partial charge in [-0.25, -0.2) is 9.78 Å². The molecule has 1 heterocycles. The number of halogens is 3. The molecular weight excluding hydrogens is 475 g/mol. The predicted octanol–water partition coefficient (Wildman–Crippen LogP) is 6.85. The van der Waals surface area contributed by atoms with Crippen LogP contribution >= 0.6 is 34.8 Å². The Labute approximate surface area is 201 Å². The van der Waals surface area contributed by atoms with Crippen molar-refractivity contribution in [3.63, 3.8) is 0 Å². The number of benzene rings is 2. The number of carbonyl (C=O) groups is 1. The second-order valence-electron chi connectivity index (χ2n) is 7.38. The Bertz CT molecular complexity index is 1060. The first-order valence-electron chi connectivity index (χ1n) is 9.95. The third kappa shape index (κ3) is 5.49. The highest BCUT2D eigenvalue weighted by Gasteiger charge is 2.25. The molecule has 0 aliphatic rings. The summed E-state index contributed by atoms with van der Waals surface area (Å²) in [5, 5.41) is 3.90. The minimum absolute atomic E-state index is 0.0411. The molecule has 9 heteroatoms. The Morgan fingerprint density at radius 3 is 2.38 bits per heavy atom. The predicted molar refractivity (Wildman–Crippen MR) is 127 cm³/mol. The number of anilines is 2. The van der Waals surface area contributed by atoms with Crippen molar-refractivity contribution in [2.24, 2.45) is 0 Å². The van der Waals surface area contributed by atoms with Gasteiger partial charge in [-0.2, -0.15) is 0 Å². The van der Waals surface area contributed by atoms with E-state index in [1.807, 2.05) is 36.4 Å². The van der Waals surface area contributed by atoms with Crippen LogP contribution in [-0.2, 0) is 10.2 Å². The van der Waals surface area contributed by atoms with Gasteiger partial charge in [0.2, 0.25) is 5.76 Å². The van der Waals surface area contributed by atoms with E-state index in [0.29, 0.717) is 28.3 Å². The summed E-state index contributed by atoms with van der Waals surface area (Å²) in [5.74, 6) is 0.264. The molecule has 0 fully saturated rings. The quantitative estimate of drug-likeness (QED) is 0.257. The van der Waals surface area contributed by atoms with Gasteiger partial charge in [0, 0.05) is 11.1 Å². The molecule has 0 unspecified atom stereocenters. The van der Waals surface area contributed by atoms with E-state index in [2.05, 4.69) is 24.1 Å². The van der Waals surface area contributed by atoms with E-state index in [-0.39, 0.29) is 23.8 Å². The fourth-order valence-corrected chi connectivity index (χ4v) is 3.76. The minimum Gasteiger partial charge on any atom is -0.489 e. The lowest BCUT2D eigenvalue weighted by Crippen LogP contribution is -2.19. The number of alkyl halides is 1. The third-order valence-electron chi connectivity index (χ3n) is 4.88. The Morgan fingerprint density at radius 1 is 1.12 bits per heavy atom. The summed E-state index contributed by atoms with van der Waals surface area (Å²) in [4.78, 5) is 15.8. The van der Waals surface area contributed by atoms with Crippen molar-refractivity contribution >= 4 is 52.5 Å². The number of nitrogens with zero attached hydrogens (tertiary/aromatic N) is 1. The fraction of sp³-hybridized carbons (Fsp3) is 0.304. The highest BCUT2D eigenvalue weighted by molar-refractivity contribution is 6.37. The van der Waals surface area contributed by atoms with Crippen molar-refractivity contribution in [1.82, 2.24) is 4.98 Å². The van der Waals surface area contributed by atoms with Gasteiger partial charge in [0.25, 0.3) is 6.01 Å². The number of hydrogen-bond donors (Lipinski definition) is 1. The van der Waals surface area contributed by atoms with E-state index in [0.717, 1.165) is 16.8 Å². The maximum absolute atomic E-state index is 11.7. The smallest absolute Gasteiger partial charge is 0.376 e. The summed E-state index contributed by atoms with van der Waals surface area (Å²) < 4.78 is 15.8. The maximum Gasteiger partial charge on any atom is 0.376 e. The Kier molecular flexibility index (Phi) is 7.93. The number of aromatic nitrogens is 1. The van der Waals surface area contributed by atoms with Gasteiger partial charge in [0.15, 0.2) is 5.75 Å². The zero-order chi connectivity index (χ0) is 23.3. The van der Waals surface area contributed by atoms with Crippen LogP contribution in [0.2, 0.25) is 10.0 Å². The molecular formula is C23H23Cl3N2O4. The van der Waals surface area contributed by atoms with Crippen LogP contribution in [0.4, 0.5) is 11.7 Å². The number of nitrogens with one attached hydrogen (secondary N) is 1. The molecule has 170 valence electrons. The van der Waals surface area contributed by atoms with Gasteiger partial charge in [-0.3, -0.25) is 0 Å². The van der Waals surface area contributed by atoms with E-state index in [4.69, 9.17) is 48.7 Å². The molecule has 0 saturated carbocycles. The third-order valence-corrected chi connectivity index (χ3v) is 5.60. The van der Waals surface area contributed by atoms with Crippen LogP contribution in [-0.4, -0.2) is 30.0 Å². The molecule has 1 aromatic heterocycles. The molecule has 0 amide bonds. The summed E-state index contributed by atoms with van der Waals surface area (Å²) in [6.07, 6.45) is 1.33. The molecule has 6 nitrogen and oxygen atoms in total. The lowest BCUT2D eigenvalue weighted by Gasteiger charge is -2.27. The average Bonchev–Trinajstić information content (AvgIpc) is 3.22. The van der Waals surface area contributed by atoms with E-state index >= 15 is 0 Å². The van der Waals surface area contributed by atoms with Gasteiger partial charge in [0.1, 0.15) is 6.61 Å². The molecule has 0 saturated heterocycles. The van der Waals surface area contributed by atoms with Gasteiger partial charge in [0.05, 0.1) is 28.7 Å². The van der Waals surface area contributed by atoms with E-state index in [1.54, 1.807) is 6.92 Å². The van der Waals surface area contributed by atoms with Crippen molar-refractivity contribution < 1.29 is 18.7 Å². The Hall–Kier alpha value is -2.41. The first kappa shape index (κ1) is 24.2. The van der Waals surface area contributed by atoms with E-state index < -0.39 is 5.97 Å². The lowest BCUT2D eigenvalue weighted by molar-refractivity contribution is 0.0491. The van der Waals surface area contributed by atoms with Crippen molar-refractivity contribution in [3.05, 3.63) is 69.5 Å². The molecule has 3 aromatic rings. The number of esters is 1. The molecule has 0 radical (unpaired) electrons. The normalized spacial score (nSPS) is 11.3. The highest BCUT2D eigenvalue weighted by atomic mass is 35.5. The molecule has 0 bridgehead atoms. The summed E-state index contributed by atoms with van der Waals surface area (Å²) in [5.41, 5.74) is 2.36. The monoisotopic (exact) mass is 496 g/mol. The molecule has 3 rings (SSSR count). The number of ether oxygens (including phenoxy) is 2. The van der Waals surface area contributed by atoms with Crippen molar-refractivity contribution in [3.8, 4) is 5.75 Å². The van der Waals surface area contributed by atoms with Gasteiger partial charge in [-0.1, -0.05) is 49.2 Å². The lowest BCUT2D eigenvalue weighted by atomic mass is 9.78. The molecule has 0 atom stereocenters. The topological polar surface area (TPSA) is 73.6 Å². The van der Waals surface area contributed by atoms with Crippen LogP contribution in [0.1, 0.15) is 42.5 Å². The van der Waals surface area contributed by atoms with Gasteiger partial charge in [-0.15, -0.1) is 11.6 Å². The van der Waals surface area contributed by atoms with Crippen molar-refractivity contribution in [2.75, 3.05) is 24.4 Å². The number of oxazole rings is 1. The van der Waals surface area contributed by atoms with Crippen LogP contribution in [0.3, 0.4) is 0 Å². The van der Waals surface area contributed by atoms with Gasteiger partial charge in [-0.05, 0) is 42.3 Å². The summed E-state index contributed by atoms with van der Waals surface area (Å²) in [6, 6.07) is 11.7. The Morgan fingerprint density at radius 2 is 1.78 bits per heavy atom. The molecule has 0 aliphatic carbocycles. The van der Waals surface area contributed by atoms with Crippen molar-refractivity contribution in [1.29, 1.82) is 0 Å². The van der Waals surface area contributed by atoms with Crippen LogP contribution in [0, 0.1) is 0 Å². The van der Waals surface area contributed by atoms with Crippen LogP contribution in [0.15, 0.2) is 47.0 Å². The van der Waals surface area contributed by atoms with E-state index in [1.165, 1.54) is 6.20 Å². The summed E-state index contributed by atoms with van der Waals surface area (Å²) in [7, 11) is 0. The highest BCUT2D eigenvalue weighted by Crippen LogP contribution is 2.40. The zero-order valence-electron chi connectivity index (χ0n) is 17.9. The molecule has 0 aliphatic heterocycles. The SMILES string of the molecule is CCOC(=O)c1cnc(Nc2ccc(C(C)(C)c3cc(Cl)c(OCCCl)c(Cl)c3)cc2)o1. The number of hydrogen-bond acceptors (Lipinski definition) is 6. The molecule has 0 spiro atoms. The number of rotatable bonds is 9. The Balaban J connectivity index is 1.77. The second kappa shape index (κ2) is 10.5. The minimum atomic E-state index is -0.554. The standard InChI is InChI=1S/C23H23Cl3N2O4/c1-4-30-21(29)19-13-27-22(32-19)28-16-7-5-14(6-8-16)23(2,3)15-11-17(25)20(18(26)12-15)31-10-9-24/h5-8,11-13H,4,9-10H2,1-3H3,(H,27,28). The van der Waals surface area contributed by atoms with E-state index in [9.17, 15) is 4.79 Å². The first-order chi connectivity index (χ1) is 15.3. The molecule has 1 N–H and O–H groups in total. The van der Waals surface area contributed by atoms with Crippen molar-refractivity contribution in [2.45, 2.75) is 26.2 Å². The molecule has 2 aromatic carbocycles. The van der Waals surface area contributed by atoms with Gasteiger partial charge < -0.3 is 19.2 Å². The van der Waals surface area contributed by atoms with Crippen LogP contribution in [0.5, 0.6) is 5.75 Å². The molecule has 32 heavy (non-hydrogen) atoms. The largest absolute Gasteiger partial charge is 0.489 e. The maximum atomic E-state index is 11.7. The van der Waals surface area contributed by atoms with Crippen LogP contribution in [0.25, 0.3) is 0 Å². The van der Waals surface area contributed by atoms with Crippen LogP contribution < -0.4 is 10.1 Å².